The van der Waals surface area contributed by atoms with Crippen molar-refractivity contribution in [3.05, 3.63) is 16.1 Å². The van der Waals surface area contributed by atoms with E-state index in [4.69, 9.17) is 16.3 Å². The van der Waals surface area contributed by atoms with Crippen LogP contribution >= 0.6 is 22.9 Å². The van der Waals surface area contributed by atoms with Crippen molar-refractivity contribution in [1.82, 2.24) is 9.88 Å². The van der Waals surface area contributed by atoms with Crippen molar-refractivity contribution in [2.45, 2.75) is 45.0 Å². The van der Waals surface area contributed by atoms with E-state index in [1.54, 1.807) is 18.4 Å². The molecule has 1 rings (SSSR count). The third kappa shape index (κ3) is 5.78. The SMILES string of the molecule is CCC(CC)N(CCOC)CCc1nc(CCl)cs1. The van der Waals surface area contributed by atoms with Crippen LogP contribution < -0.4 is 0 Å². The summed E-state index contributed by atoms with van der Waals surface area (Å²) in [6.45, 7) is 7.34. The van der Waals surface area contributed by atoms with Crippen LogP contribution in [0, 0.1) is 0 Å². The summed E-state index contributed by atoms with van der Waals surface area (Å²) in [4.78, 5) is 7.04. The molecule has 0 aliphatic carbocycles. The topological polar surface area (TPSA) is 25.4 Å². The fourth-order valence-corrected chi connectivity index (χ4v) is 3.27. The molecule has 0 saturated carbocycles. The van der Waals surface area contributed by atoms with Gasteiger partial charge in [-0.05, 0) is 12.8 Å². The van der Waals surface area contributed by atoms with Crippen molar-refractivity contribution in [2.75, 3.05) is 26.8 Å². The predicted octanol–water partition coefficient (Wildman–Crippen LogP) is 3.56. The third-order valence-electron chi connectivity index (χ3n) is 3.39. The summed E-state index contributed by atoms with van der Waals surface area (Å²) in [5.41, 5.74) is 0.993. The predicted molar refractivity (Wildman–Crippen MR) is 83.2 cm³/mol. The Kier molecular flexibility index (Phi) is 8.62. The van der Waals surface area contributed by atoms with E-state index in [0.717, 1.165) is 31.8 Å². The molecule has 19 heavy (non-hydrogen) atoms. The van der Waals surface area contributed by atoms with Gasteiger partial charge in [0.2, 0.25) is 0 Å². The van der Waals surface area contributed by atoms with E-state index < -0.39 is 0 Å². The smallest absolute Gasteiger partial charge is 0.0941 e. The van der Waals surface area contributed by atoms with Gasteiger partial charge in [0.15, 0.2) is 0 Å². The van der Waals surface area contributed by atoms with Gasteiger partial charge >= 0.3 is 0 Å². The van der Waals surface area contributed by atoms with E-state index >= 15 is 0 Å². The highest BCUT2D eigenvalue weighted by atomic mass is 35.5. The zero-order valence-corrected chi connectivity index (χ0v) is 13.8. The van der Waals surface area contributed by atoms with E-state index in [0.29, 0.717) is 11.9 Å². The number of halogens is 1. The summed E-state index contributed by atoms with van der Waals surface area (Å²) in [6.07, 6.45) is 3.37. The Morgan fingerprint density at radius 3 is 2.63 bits per heavy atom. The van der Waals surface area contributed by atoms with E-state index in [-0.39, 0.29) is 0 Å². The third-order valence-corrected chi connectivity index (χ3v) is 4.62. The van der Waals surface area contributed by atoms with Crippen LogP contribution in [0.1, 0.15) is 37.4 Å². The van der Waals surface area contributed by atoms with Crippen LogP contribution in [-0.4, -0.2) is 42.7 Å². The molecule has 0 amide bonds. The van der Waals surface area contributed by atoms with Gasteiger partial charge in [-0.3, -0.25) is 4.90 Å². The molecule has 110 valence electrons. The first-order valence-electron chi connectivity index (χ1n) is 6.97. The highest BCUT2D eigenvalue weighted by Gasteiger charge is 2.15. The first-order valence-corrected chi connectivity index (χ1v) is 8.38. The molecule has 0 atom stereocenters. The van der Waals surface area contributed by atoms with Gasteiger partial charge < -0.3 is 4.74 Å². The number of rotatable bonds is 10. The standard InChI is InChI=1S/C14H25ClN2OS/c1-4-13(5-2)17(8-9-18-3)7-6-14-16-12(10-15)11-19-14/h11,13H,4-10H2,1-3H3. The van der Waals surface area contributed by atoms with Crippen molar-refractivity contribution >= 4 is 22.9 Å². The molecule has 5 heteroatoms. The van der Waals surface area contributed by atoms with Crippen molar-refractivity contribution in [3.8, 4) is 0 Å². The minimum Gasteiger partial charge on any atom is -0.383 e. The maximum Gasteiger partial charge on any atom is 0.0941 e. The Bertz CT molecular complexity index is 342. The first kappa shape index (κ1) is 16.9. The lowest BCUT2D eigenvalue weighted by molar-refractivity contribution is 0.116. The highest BCUT2D eigenvalue weighted by Crippen LogP contribution is 2.14. The second-order valence-electron chi connectivity index (χ2n) is 4.62. The van der Waals surface area contributed by atoms with E-state index in [9.17, 15) is 0 Å². The number of alkyl halides is 1. The lowest BCUT2D eigenvalue weighted by Crippen LogP contribution is -2.38. The Labute approximate surface area is 125 Å². The number of aromatic nitrogens is 1. The van der Waals surface area contributed by atoms with Gasteiger partial charge in [-0.25, -0.2) is 4.98 Å². The van der Waals surface area contributed by atoms with Gasteiger partial charge in [-0.1, -0.05) is 13.8 Å². The van der Waals surface area contributed by atoms with Crippen LogP contribution in [0.15, 0.2) is 5.38 Å². The average Bonchev–Trinajstić information content (AvgIpc) is 2.90. The highest BCUT2D eigenvalue weighted by molar-refractivity contribution is 7.09. The first-order chi connectivity index (χ1) is 9.24. The Morgan fingerprint density at radius 1 is 1.37 bits per heavy atom. The second-order valence-corrected chi connectivity index (χ2v) is 5.83. The van der Waals surface area contributed by atoms with Crippen molar-refractivity contribution in [2.24, 2.45) is 0 Å². The molecule has 0 saturated heterocycles. The molecule has 0 N–H and O–H groups in total. The lowest BCUT2D eigenvalue weighted by Gasteiger charge is -2.29. The minimum atomic E-state index is 0.510. The van der Waals surface area contributed by atoms with E-state index in [1.807, 2.05) is 0 Å². The van der Waals surface area contributed by atoms with Gasteiger partial charge in [-0.15, -0.1) is 22.9 Å². The van der Waals surface area contributed by atoms with Gasteiger partial charge in [0.25, 0.3) is 0 Å². The molecule has 0 fully saturated rings. The van der Waals surface area contributed by atoms with Crippen molar-refractivity contribution in [1.29, 1.82) is 0 Å². The Hall–Kier alpha value is -0.160. The largest absolute Gasteiger partial charge is 0.383 e. The number of thiazole rings is 1. The normalized spacial score (nSPS) is 11.7. The number of hydrogen-bond acceptors (Lipinski definition) is 4. The van der Waals surface area contributed by atoms with Gasteiger partial charge in [-0.2, -0.15) is 0 Å². The summed E-state index contributed by atoms with van der Waals surface area (Å²) in [6, 6.07) is 0.641. The monoisotopic (exact) mass is 304 g/mol. The van der Waals surface area contributed by atoms with Gasteiger partial charge in [0.1, 0.15) is 0 Å². The van der Waals surface area contributed by atoms with Crippen LogP contribution in [0.2, 0.25) is 0 Å². The zero-order chi connectivity index (χ0) is 14.1. The maximum atomic E-state index is 5.78. The van der Waals surface area contributed by atoms with Gasteiger partial charge in [0.05, 0.1) is 23.2 Å². The van der Waals surface area contributed by atoms with Gasteiger partial charge in [0, 0.05) is 38.0 Å². The molecule has 0 radical (unpaired) electrons. The quantitative estimate of drug-likeness (QED) is 0.618. The summed E-state index contributed by atoms with van der Waals surface area (Å²) in [5, 5.41) is 3.24. The molecule has 0 bridgehead atoms. The lowest BCUT2D eigenvalue weighted by atomic mass is 10.1. The van der Waals surface area contributed by atoms with Crippen molar-refractivity contribution < 1.29 is 4.74 Å². The van der Waals surface area contributed by atoms with Crippen LogP contribution in [-0.2, 0) is 17.0 Å². The van der Waals surface area contributed by atoms with E-state index in [2.05, 4.69) is 29.1 Å². The van der Waals surface area contributed by atoms with Crippen molar-refractivity contribution in [3.63, 3.8) is 0 Å². The Morgan fingerprint density at radius 2 is 2.11 bits per heavy atom. The molecule has 3 nitrogen and oxygen atoms in total. The number of methoxy groups -OCH3 is 1. The number of hydrogen-bond donors (Lipinski definition) is 0. The molecule has 0 spiro atoms. The summed E-state index contributed by atoms with van der Waals surface area (Å²) < 4.78 is 5.21. The van der Waals surface area contributed by atoms with Crippen LogP contribution in [0.5, 0.6) is 0 Å². The number of ether oxygens (including phenoxy) is 1. The molecular formula is C14H25ClN2OS. The molecule has 0 unspecified atom stereocenters. The molecule has 0 aliphatic heterocycles. The fraction of sp³-hybridized carbons (Fsp3) is 0.786. The summed E-state index contributed by atoms with van der Waals surface area (Å²) in [5.74, 6) is 0.510. The van der Waals surface area contributed by atoms with Crippen LogP contribution in [0.4, 0.5) is 0 Å². The second kappa shape index (κ2) is 9.70. The summed E-state index contributed by atoms with van der Waals surface area (Å²) in [7, 11) is 1.76. The minimum absolute atomic E-state index is 0.510. The molecule has 1 heterocycles. The molecule has 0 aliphatic rings. The van der Waals surface area contributed by atoms with Crippen LogP contribution in [0.25, 0.3) is 0 Å². The molecule has 1 aromatic heterocycles. The molecule has 0 aromatic carbocycles. The molecular weight excluding hydrogens is 280 g/mol. The Balaban J connectivity index is 2.51. The number of nitrogens with zero attached hydrogens (tertiary/aromatic N) is 2. The molecule has 1 aromatic rings. The zero-order valence-electron chi connectivity index (χ0n) is 12.2. The summed E-state index contributed by atoms with van der Waals surface area (Å²) >= 11 is 7.50. The maximum absolute atomic E-state index is 5.78. The fourth-order valence-electron chi connectivity index (χ4n) is 2.25. The average molecular weight is 305 g/mol. The van der Waals surface area contributed by atoms with E-state index in [1.165, 1.54) is 17.8 Å². The van der Waals surface area contributed by atoms with Crippen LogP contribution in [0.3, 0.4) is 0 Å².